The van der Waals surface area contributed by atoms with Gasteiger partial charge in [0, 0.05) is 0 Å². The standard InChI is InChI=1S/C13H17F2NO3/c1-3-7-16-13(2,11(17)18)9-5-4-6-10(8-9)19-12(14)15/h4-6,8,12,16H,3,7H2,1-2H3,(H,17,18). The van der Waals surface area contributed by atoms with Crippen molar-refractivity contribution >= 4 is 5.97 Å². The molecule has 0 saturated carbocycles. The minimum atomic E-state index is -2.94. The molecule has 19 heavy (non-hydrogen) atoms. The van der Waals surface area contributed by atoms with E-state index in [-0.39, 0.29) is 5.75 Å². The van der Waals surface area contributed by atoms with E-state index in [0.717, 1.165) is 6.42 Å². The first kappa shape index (κ1) is 15.4. The first-order chi connectivity index (χ1) is 8.90. The van der Waals surface area contributed by atoms with E-state index < -0.39 is 18.1 Å². The van der Waals surface area contributed by atoms with E-state index >= 15 is 0 Å². The largest absolute Gasteiger partial charge is 0.480 e. The van der Waals surface area contributed by atoms with Crippen LogP contribution in [0.2, 0.25) is 0 Å². The van der Waals surface area contributed by atoms with Gasteiger partial charge in [0.2, 0.25) is 0 Å². The molecule has 0 spiro atoms. The van der Waals surface area contributed by atoms with Crippen LogP contribution in [0.4, 0.5) is 8.78 Å². The van der Waals surface area contributed by atoms with Gasteiger partial charge in [0.05, 0.1) is 0 Å². The van der Waals surface area contributed by atoms with Gasteiger partial charge in [0.25, 0.3) is 0 Å². The van der Waals surface area contributed by atoms with Gasteiger partial charge in [-0.1, -0.05) is 19.1 Å². The Morgan fingerprint density at radius 3 is 2.74 bits per heavy atom. The highest BCUT2D eigenvalue weighted by Crippen LogP contribution is 2.25. The summed E-state index contributed by atoms with van der Waals surface area (Å²) in [5.41, 5.74) is -0.969. The number of hydrogen-bond acceptors (Lipinski definition) is 3. The molecule has 4 nitrogen and oxygen atoms in total. The van der Waals surface area contributed by atoms with Gasteiger partial charge in [-0.15, -0.1) is 0 Å². The number of hydrogen-bond donors (Lipinski definition) is 2. The summed E-state index contributed by atoms with van der Waals surface area (Å²) in [5, 5.41) is 12.2. The minimum absolute atomic E-state index is 0.0572. The zero-order valence-corrected chi connectivity index (χ0v) is 10.8. The second-order valence-electron chi connectivity index (χ2n) is 4.26. The summed E-state index contributed by atoms with van der Waals surface area (Å²) in [5.74, 6) is -1.13. The van der Waals surface area contributed by atoms with Crippen LogP contribution in [0.25, 0.3) is 0 Å². The SMILES string of the molecule is CCCNC(C)(C(=O)O)c1cccc(OC(F)F)c1. The number of ether oxygens (including phenoxy) is 1. The predicted molar refractivity (Wildman–Crippen MR) is 66.4 cm³/mol. The van der Waals surface area contributed by atoms with Crippen molar-refractivity contribution < 1.29 is 23.4 Å². The molecule has 0 heterocycles. The van der Waals surface area contributed by atoms with Crippen molar-refractivity contribution in [3.05, 3.63) is 29.8 Å². The number of carboxylic acids is 1. The molecule has 0 saturated heterocycles. The zero-order chi connectivity index (χ0) is 14.5. The first-order valence-electron chi connectivity index (χ1n) is 5.94. The van der Waals surface area contributed by atoms with Crippen LogP contribution in [-0.4, -0.2) is 24.2 Å². The van der Waals surface area contributed by atoms with Crippen molar-refractivity contribution in [1.29, 1.82) is 0 Å². The Hall–Kier alpha value is -1.69. The molecule has 106 valence electrons. The maximum Gasteiger partial charge on any atom is 0.387 e. The summed E-state index contributed by atoms with van der Waals surface area (Å²) < 4.78 is 28.6. The quantitative estimate of drug-likeness (QED) is 0.801. The van der Waals surface area contributed by atoms with E-state index in [1.54, 1.807) is 6.07 Å². The smallest absolute Gasteiger partial charge is 0.387 e. The monoisotopic (exact) mass is 273 g/mol. The maximum absolute atomic E-state index is 12.2. The fourth-order valence-electron chi connectivity index (χ4n) is 1.66. The van der Waals surface area contributed by atoms with E-state index in [4.69, 9.17) is 0 Å². The Labute approximate surface area is 110 Å². The van der Waals surface area contributed by atoms with Crippen LogP contribution in [0, 0.1) is 0 Å². The minimum Gasteiger partial charge on any atom is -0.480 e. The summed E-state index contributed by atoms with van der Waals surface area (Å²) in [6.07, 6.45) is 0.760. The van der Waals surface area contributed by atoms with Crippen LogP contribution in [-0.2, 0) is 10.3 Å². The average molecular weight is 273 g/mol. The lowest BCUT2D eigenvalue weighted by atomic mass is 9.91. The molecule has 1 rings (SSSR count). The molecule has 0 aliphatic carbocycles. The van der Waals surface area contributed by atoms with Crippen molar-refractivity contribution in [3.63, 3.8) is 0 Å². The van der Waals surface area contributed by atoms with Crippen LogP contribution in [0.1, 0.15) is 25.8 Å². The van der Waals surface area contributed by atoms with E-state index in [0.29, 0.717) is 12.1 Å². The van der Waals surface area contributed by atoms with E-state index in [1.165, 1.54) is 25.1 Å². The summed E-state index contributed by atoms with van der Waals surface area (Å²) in [6, 6.07) is 5.72. The van der Waals surface area contributed by atoms with Crippen LogP contribution in [0.3, 0.4) is 0 Å². The fraction of sp³-hybridized carbons (Fsp3) is 0.462. The Morgan fingerprint density at radius 2 is 2.21 bits per heavy atom. The van der Waals surface area contributed by atoms with E-state index in [1.807, 2.05) is 6.92 Å². The fourth-order valence-corrected chi connectivity index (χ4v) is 1.66. The Morgan fingerprint density at radius 1 is 1.53 bits per heavy atom. The van der Waals surface area contributed by atoms with Crippen LogP contribution in [0.5, 0.6) is 5.75 Å². The second-order valence-corrected chi connectivity index (χ2v) is 4.26. The normalized spacial score (nSPS) is 14.2. The van der Waals surface area contributed by atoms with Crippen molar-refractivity contribution in [2.45, 2.75) is 32.4 Å². The molecule has 1 unspecified atom stereocenters. The molecule has 0 aliphatic rings. The number of nitrogens with one attached hydrogen (secondary N) is 1. The highest BCUT2D eigenvalue weighted by atomic mass is 19.3. The third-order valence-corrected chi connectivity index (χ3v) is 2.79. The van der Waals surface area contributed by atoms with Gasteiger partial charge < -0.3 is 9.84 Å². The number of carboxylic acid groups (broad SMARTS) is 1. The molecule has 1 aromatic carbocycles. The van der Waals surface area contributed by atoms with Gasteiger partial charge in [-0.2, -0.15) is 8.78 Å². The molecular formula is C13H17F2NO3. The number of alkyl halides is 2. The summed E-state index contributed by atoms with van der Waals surface area (Å²) in [6.45, 7) is 0.968. The number of aliphatic carboxylic acids is 1. The van der Waals surface area contributed by atoms with Gasteiger partial charge in [0.1, 0.15) is 11.3 Å². The van der Waals surface area contributed by atoms with Gasteiger partial charge in [-0.25, -0.2) is 4.79 Å². The zero-order valence-electron chi connectivity index (χ0n) is 10.8. The third-order valence-electron chi connectivity index (χ3n) is 2.79. The number of carbonyl (C=O) groups is 1. The van der Waals surface area contributed by atoms with Gasteiger partial charge >= 0.3 is 12.6 Å². The predicted octanol–water partition coefficient (Wildman–Crippen LogP) is 2.59. The molecule has 2 N–H and O–H groups in total. The van der Waals surface area contributed by atoms with Crippen molar-refractivity contribution in [2.75, 3.05) is 6.54 Å². The van der Waals surface area contributed by atoms with Crippen molar-refractivity contribution in [1.82, 2.24) is 5.32 Å². The maximum atomic E-state index is 12.2. The first-order valence-corrected chi connectivity index (χ1v) is 5.94. The molecule has 0 amide bonds. The lowest BCUT2D eigenvalue weighted by Gasteiger charge is -2.27. The Balaban J connectivity index is 3.05. The average Bonchev–Trinajstić information content (AvgIpc) is 2.35. The molecule has 0 aromatic heterocycles. The van der Waals surface area contributed by atoms with Crippen LogP contribution >= 0.6 is 0 Å². The second kappa shape index (κ2) is 6.47. The summed E-state index contributed by atoms with van der Waals surface area (Å²) >= 11 is 0. The molecule has 0 radical (unpaired) electrons. The highest BCUT2D eigenvalue weighted by molar-refractivity contribution is 5.80. The Bertz CT molecular complexity index is 440. The van der Waals surface area contributed by atoms with E-state index in [2.05, 4.69) is 10.1 Å². The molecule has 0 bridgehead atoms. The molecule has 0 aliphatic heterocycles. The number of benzene rings is 1. The number of rotatable bonds is 7. The Kier molecular flexibility index (Phi) is 5.23. The van der Waals surface area contributed by atoms with Crippen LogP contribution in [0.15, 0.2) is 24.3 Å². The molecule has 6 heteroatoms. The highest BCUT2D eigenvalue weighted by Gasteiger charge is 2.34. The molecule has 0 fully saturated rings. The lowest BCUT2D eigenvalue weighted by Crippen LogP contribution is -2.46. The van der Waals surface area contributed by atoms with Gasteiger partial charge in [-0.05, 0) is 37.6 Å². The molecule has 1 atom stereocenters. The van der Waals surface area contributed by atoms with Gasteiger partial charge in [-0.3, -0.25) is 5.32 Å². The van der Waals surface area contributed by atoms with Gasteiger partial charge in [0.15, 0.2) is 0 Å². The van der Waals surface area contributed by atoms with E-state index in [9.17, 15) is 18.7 Å². The third kappa shape index (κ3) is 3.89. The van der Waals surface area contributed by atoms with Crippen LogP contribution < -0.4 is 10.1 Å². The molecule has 1 aromatic rings. The lowest BCUT2D eigenvalue weighted by molar-refractivity contribution is -0.144. The number of halogens is 2. The molecular weight excluding hydrogens is 256 g/mol. The topological polar surface area (TPSA) is 58.6 Å². The summed E-state index contributed by atoms with van der Waals surface area (Å²) in [7, 11) is 0. The van der Waals surface area contributed by atoms with Crippen molar-refractivity contribution in [3.8, 4) is 5.75 Å². The van der Waals surface area contributed by atoms with Crippen molar-refractivity contribution in [2.24, 2.45) is 0 Å². The summed E-state index contributed by atoms with van der Waals surface area (Å²) in [4.78, 5) is 11.4.